The lowest BCUT2D eigenvalue weighted by atomic mass is 10.2. The van der Waals surface area contributed by atoms with Gasteiger partial charge in [0.05, 0.1) is 22.0 Å². The number of nitrogens with zero attached hydrogens (tertiary/aromatic N) is 6. The van der Waals surface area contributed by atoms with E-state index in [1.165, 1.54) is 33.7 Å². The number of aromatic nitrogens is 6. The van der Waals surface area contributed by atoms with Crippen LogP contribution in [0.2, 0.25) is 5.02 Å². The van der Waals surface area contributed by atoms with E-state index in [2.05, 4.69) is 25.8 Å². The summed E-state index contributed by atoms with van der Waals surface area (Å²) < 4.78 is 7.84. The van der Waals surface area contributed by atoms with Gasteiger partial charge in [-0.05, 0) is 34.7 Å². The van der Waals surface area contributed by atoms with Crippen LogP contribution in [0.1, 0.15) is 16.1 Å². The van der Waals surface area contributed by atoms with Crippen molar-refractivity contribution >= 4 is 34.8 Å². The monoisotopic (exact) mass is 439 g/mol. The van der Waals surface area contributed by atoms with Gasteiger partial charge < -0.3 is 10.1 Å². The third-order valence-electron chi connectivity index (χ3n) is 4.15. The van der Waals surface area contributed by atoms with Gasteiger partial charge in [-0.15, -0.1) is 5.10 Å². The maximum Gasteiger partial charge on any atom is 0.340 e. The number of pyridine rings is 1. The van der Waals surface area contributed by atoms with E-state index in [9.17, 15) is 14.4 Å². The Morgan fingerprint density at radius 3 is 2.81 bits per heavy atom. The lowest BCUT2D eigenvalue weighted by molar-refractivity contribution is -0.116. The highest BCUT2D eigenvalue weighted by atomic mass is 35.5. The Morgan fingerprint density at radius 2 is 2.00 bits per heavy atom. The van der Waals surface area contributed by atoms with Crippen molar-refractivity contribution in [1.82, 2.24) is 29.6 Å². The number of esters is 1. The maximum absolute atomic E-state index is 12.6. The summed E-state index contributed by atoms with van der Waals surface area (Å²) in [7, 11) is 0. The maximum atomic E-state index is 12.6. The van der Waals surface area contributed by atoms with Gasteiger partial charge in [0.1, 0.15) is 25.1 Å². The first kappa shape index (κ1) is 20.2. The quantitative estimate of drug-likeness (QED) is 0.445. The molecule has 0 aliphatic rings. The lowest BCUT2D eigenvalue weighted by Crippen LogP contribution is -2.21. The minimum Gasteiger partial charge on any atom is -0.456 e. The van der Waals surface area contributed by atoms with Crippen molar-refractivity contribution < 1.29 is 14.3 Å². The average Bonchev–Trinajstić information content (AvgIpc) is 3.26. The molecular formula is C19H14ClN7O4. The number of fused-ring (bicyclic) bond motifs is 1. The number of tetrazole rings is 1. The van der Waals surface area contributed by atoms with E-state index in [4.69, 9.17) is 16.3 Å². The number of amides is 1. The third-order valence-corrected chi connectivity index (χ3v) is 4.37. The van der Waals surface area contributed by atoms with Gasteiger partial charge in [0, 0.05) is 12.3 Å². The molecule has 0 saturated heterocycles. The summed E-state index contributed by atoms with van der Waals surface area (Å²) >= 11 is 5.89. The van der Waals surface area contributed by atoms with Crippen molar-refractivity contribution in [3.8, 4) is 0 Å². The fourth-order valence-electron chi connectivity index (χ4n) is 2.78. The molecule has 3 aromatic heterocycles. The van der Waals surface area contributed by atoms with E-state index < -0.39 is 11.9 Å². The minimum absolute atomic E-state index is 0.120. The van der Waals surface area contributed by atoms with Crippen molar-refractivity contribution in [2.75, 3.05) is 5.32 Å². The summed E-state index contributed by atoms with van der Waals surface area (Å²) in [6.07, 6.45) is 2.75. The van der Waals surface area contributed by atoms with Gasteiger partial charge in [-0.2, -0.15) is 0 Å². The fourth-order valence-corrected chi connectivity index (χ4v) is 2.94. The van der Waals surface area contributed by atoms with E-state index in [-0.39, 0.29) is 35.7 Å². The van der Waals surface area contributed by atoms with Gasteiger partial charge in [-0.25, -0.2) is 14.5 Å². The molecule has 11 nitrogen and oxygen atoms in total. The summed E-state index contributed by atoms with van der Waals surface area (Å²) in [5.41, 5.74) is 0.719. The molecule has 31 heavy (non-hydrogen) atoms. The Hall–Kier alpha value is -4.12. The Balaban J connectivity index is 1.47. The summed E-state index contributed by atoms with van der Waals surface area (Å²) in [4.78, 5) is 41.3. The highest BCUT2D eigenvalue weighted by Gasteiger charge is 2.16. The van der Waals surface area contributed by atoms with Crippen LogP contribution < -0.4 is 10.9 Å². The SMILES string of the molecule is O=C(Cn1cnnn1)Nc1ccccc1C(=O)OCc1cc(=O)n2cc(Cl)ccc2n1. The zero-order chi connectivity index (χ0) is 21.8. The van der Waals surface area contributed by atoms with Crippen molar-refractivity contribution in [3.05, 3.63) is 81.6 Å². The van der Waals surface area contributed by atoms with E-state index in [1.54, 1.807) is 30.3 Å². The van der Waals surface area contributed by atoms with Gasteiger partial charge in [0.15, 0.2) is 0 Å². The number of hydrogen-bond acceptors (Lipinski definition) is 8. The van der Waals surface area contributed by atoms with Crippen LogP contribution >= 0.6 is 11.6 Å². The number of carbonyl (C=O) groups is 2. The second-order valence-electron chi connectivity index (χ2n) is 6.34. The predicted molar refractivity (Wildman–Crippen MR) is 108 cm³/mol. The molecule has 3 heterocycles. The largest absolute Gasteiger partial charge is 0.456 e. The van der Waals surface area contributed by atoms with Crippen LogP contribution in [0, 0.1) is 0 Å². The second kappa shape index (κ2) is 8.71. The number of hydrogen-bond donors (Lipinski definition) is 1. The van der Waals surface area contributed by atoms with Crippen molar-refractivity contribution in [3.63, 3.8) is 0 Å². The van der Waals surface area contributed by atoms with Crippen LogP contribution in [0.15, 0.2) is 59.8 Å². The smallest absolute Gasteiger partial charge is 0.340 e. The predicted octanol–water partition coefficient (Wildman–Crippen LogP) is 1.33. The molecule has 1 amide bonds. The van der Waals surface area contributed by atoms with E-state index in [0.29, 0.717) is 10.7 Å². The number of ether oxygens (including phenoxy) is 1. The number of anilines is 1. The summed E-state index contributed by atoms with van der Waals surface area (Å²) in [5, 5.41) is 13.5. The molecule has 0 saturated carbocycles. The Bertz CT molecular complexity index is 1320. The van der Waals surface area contributed by atoms with Crippen LogP contribution in [0.5, 0.6) is 0 Å². The summed E-state index contributed by atoms with van der Waals surface area (Å²) in [5.74, 6) is -1.10. The van der Waals surface area contributed by atoms with Gasteiger partial charge >= 0.3 is 5.97 Å². The number of halogens is 1. The van der Waals surface area contributed by atoms with Crippen LogP contribution in [0.4, 0.5) is 5.69 Å². The fraction of sp³-hybridized carbons (Fsp3) is 0.105. The Kier molecular flexibility index (Phi) is 5.67. The first-order valence-corrected chi connectivity index (χ1v) is 9.32. The zero-order valence-corrected chi connectivity index (χ0v) is 16.6. The normalized spacial score (nSPS) is 10.7. The molecule has 4 rings (SSSR count). The zero-order valence-electron chi connectivity index (χ0n) is 15.8. The van der Waals surface area contributed by atoms with Gasteiger partial charge in [-0.1, -0.05) is 23.7 Å². The molecule has 4 aromatic rings. The molecule has 1 N–H and O–H groups in total. The highest BCUT2D eigenvalue weighted by molar-refractivity contribution is 6.30. The van der Waals surface area contributed by atoms with Crippen molar-refractivity contribution in [2.24, 2.45) is 0 Å². The molecular weight excluding hydrogens is 426 g/mol. The molecule has 0 bridgehead atoms. The van der Waals surface area contributed by atoms with Crippen molar-refractivity contribution in [2.45, 2.75) is 13.2 Å². The number of para-hydroxylation sites is 1. The Morgan fingerprint density at radius 1 is 1.16 bits per heavy atom. The van der Waals surface area contributed by atoms with Crippen LogP contribution in [0.25, 0.3) is 5.65 Å². The van der Waals surface area contributed by atoms with Crippen LogP contribution in [-0.2, 0) is 22.7 Å². The number of benzene rings is 1. The molecule has 1 aromatic carbocycles. The third kappa shape index (κ3) is 4.73. The van der Waals surface area contributed by atoms with Gasteiger partial charge in [-0.3, -0.25) is 14.0 Å². The van der Waals surface area contributed by atoms with Gasteiger partial charge in [0.2, 0.25) is 5.91 Å². The number of carbonyl (C=O) groups excluding carboxylic acids is 2. The van der Waals surface area contributed by atoms with Crippen LogP contribution in [-0.4, -0.2) is 41.5 Å². The molecule has 12 heteroatoms. The number of nitrogens with one attached hydrogen (secondary N) is 1. The summed E-state index contributed by atoms with van der Waals surface area (Å²) in [6, 6.07) is 10.8. The first-order chi connectivity index (χ1) is 15.0. The number of rotatable bonds is 6. The van der Waals surface area contributed by atoms with E-state index in [1.807, 2.05) is 0 Å². The molecule has 0 unspecified atom stereocenters. The minimum atomic E-state index is -0.684. The summed E-state index contributed by atoms with van der Waals surface area (Å²) in [6.45, 7) is -0.342. The Labute approximate surface area is 179 Å². The molecule has 0 atom stereocenters. The molecule has 0 radical (unpaired) electrons. The average molecular weight is 440 g/mol. The molecule has 0 aliphatic heterocycles. The molecule has 0 aliphatic carbocycles. The van der Waals surface area contributed by atoms with Crippen LogP contribution in [0.3, 0.4) is 0 Å². The van der Waals surface area contributed by atoms with E-state index >= 15 is 0 Å². The molecule has 156 valence electrons. The standard InChI is InChI=1S/C19H14ClN7O4/c20-12-5-6-16-22-13(7-18(29)27(16)8-12)10-31-19(30)14-3-1-2-4-15(14)23-17(28)9-26-11-21-24-25-26/h1-8,11H,9-10H2,(H,23,28). The van der Waals surface area contributed by atoms with E-state index in [0.717, 1.165) is 0 Å². The first-order valence-electron chi connectivity index (χ1n) is 8.94. The second-order valence-corrected chi connectivity index (χ2v) is 6.77. The van der Waals surface area contributed by atoms with Crippen molar-refractivity contribution in [1.29, 1.82) is 0 Å². The topological polar surface area (TPSA) is 133 Å². The molecule has 0 spiro atoms. The highest BCUT2D eigenvalue weighted by Crippen LogP contribution is 2.17. The molecule has 0 fully saturated rings. The van der Waals surface area contributed by atoms with Gasteiger partial charge in [0.25, 0.3) is 5.56 Å². The lowest BCUT2D eigenvalue weighted by Gasteiger charge is -2.11.